The van der Waals surface area contributed by atoms with Crippen LogP contribution in [0.25, 0.3) is 6.08 Å². The number of rotatable bonds is 3. The van der Waals surface area contributed by atoms with Crippen molar-refractivity contribution in [2.75, 3.05) is 19.0 Å². The first kappa shape index (κ1) is 15.7. The molecule has 1 heterocycles. The zero-order chi connectivity index (χ0) is 16.4. The molecule has 0 saturated heterocycles. The topological polar surface area (TPSA) is 47.6 Å². The van der Waals surface area contributed by atoms with Crippen molar-refractivity contribution in [3.05, 3.63) is 57.6 Å². The van der Waals surface area contributed by atoms with E-state index in [1.165, 1.54) is 0 Å². The maximum Gasteiger partial charge on any atom is 0.255 e. The van der Waals surface area contributed by atoms with Crippen molar-refractivity contribution in [3.63, 3.8) is 0 Å². The summed E-state index contributed by atoms with van der Waals surface area (Å²) in [5, 5.41) is 3.60. The molecule has 0 aromatic heterocycles. The Kier molecular flexibility index (Phi) is 4.46. The van der Waals surface area contributed by atoms with Crippen LogP contribution in [0.3, 0.4) is 0 Å². The van der Waals surface area contributed by atoms with Gasteiger partial charge in [-0.1, -0.05) is 35.3 Å². The summed E-state index contributed by atoms with van der Waals surface area (Å²) >= 11 is 11.8. The number of para-hydroxylation sites is 1. The Morgan fingerprint density at radius 2 is 2.04 bits per heavy atom. The first-order valence-electron chi connectivity index (χ1n) is 6.85. The van der Waals surface area contributed by atoms with Gasteiger partial charge in [-0.05, 0) is 30.3 Å². The van der Waals surface area contributed by atoms with Crippen LogP contribution in [0.2, 0.25) is 10.0 Å². The lowest BCUT2D eigenvalue weighted by Gasteiger charge is -2.19. The van der Waals surface area contributed by atoms with Gasteiger partial charge in [0.25, 0.3) is 5.91 Å². The van der Waals surface area contributed by atoms with E-state index in [0.717, 1.165) is 5.56 Å². The van der Waals surface area contributed by atoms with Gasteiger partial charge < -0.3 is 14.8 Å². The quantitative estimate of drug-likeness (QED) is 0.892. The van der Waals surface area contributed by atoms with Crippen LogP contribution in [0.1, 0.15) is 5.56 Å². The summed E-state index contributed by atoms with van der Waals surface area (Å²) in [5.41, 5.74) is 1.88. The van der Waals surface area contributed by atoms with Crippen molar-refractivity contribution in [1.82, 2.24) is 0 Å². The van der Waals surface area contributed by atoms with E-state index in [9.17, 15) is 4.79 Å². The van der Waals surface area contributed by atoms with Gasteiger partial charge in [-0.25, -0.2) is 0 Å². The Labute approximate surface area is 143 Å². The second-order valence-corrected chi connectivity index (χ2v) is 5.73. The number of hydrogen-bond acceptors (Lipinski definition) is 3. The summed E-state index contributed by atoms with van der Waals surface area (Å²) in [5.74, 6) is 1.03. The van der Waals surface area contributed by atoms with Crippen molar-refractivity contribution >= 4 is 40.9 Å². The summed E-state index contributed by atoms with van der Waals surface area (Å²) in [4.78, 5) is 12.4. The van der Waals surface area contributed by atoms with E-state index < -0.39 is 0 Å². The molecular weight excluding hydrogens is 337 g/mol. The van der Waals surface area contributed by atoms with Crippen molar-refractivity contribution in [2.24, 2.45) is 0 Å². The molecule has 1 N–H and O–H groups in total. The molecule has 118 valence electrons. The number of nitrogens with one attached hydrogen (secondary N) is 1. The second kappa shape index (κ2) is 6.52. The highest BCUT2D eigenvalue weighted by Gasteiger charge is 2.20. The Bertz CT molecular complexity index is 802. The maximum absolute atomic E-state index is 12.4. The summed E-state index contributed by atoms with van der Waals surface area (Å²) in [6, 6.07) is 10.4. The molecule has 2 aromatic rings. The molecule has 4 nitrogen and oxygen atoms in total. The van der Waals surface area contributed by atoms with Gasteiger partial charge >= 0.3 is 0 Å². The van der Waals surface area contributed by atoms with Gasteiger partial charge in [0.15, 0.2) is 11.5 Å². The smallest absolute Gasteiger partial charge is 0.255 e. The Hall–Kier alpha value is -2.17. The third-order valence-electron chi connectivity index (χ3n) is 3.40. The highest BCUT2D eigenvalue weighted by molar-refractivity contribution is 6.42. The van der Waals surface area contributed by atoms with Gasteiger partial charge in [0.2, 0.25) is 0 Å². The fourth-order valence-corrected chi connectivity index (χ4v) is 2.56. The van der Waals surface area contributed by atoms with E-state index in [1.807, 2.05) is 18.2 Å². The summed E-state index contributed by atoms with van der Waals surface area (Å²) in [6.45, 7) is 0.167. The molecule has 2 aromatic carbocycles. The van der Waals surface area contributed by atoms with Crippen LogP contribution in [0, 0.1) is 0 Å². The molecule has 1 aliphatic heterocycles. The van der Waals surface area contributed by atoms with E-state index in [4.69, 9.17) is 32.7 Å². The minimum atomic E-state index is -0.253. The number of halogens is 2. The van der Waals surface area contributed by atoms with Crippen molar-refractivity contribution in [1.29, 1.82) is 0 Å². The number of carbonyl (C=O) groups is 1. The van der Waals surface area contributed by atoms with E-state index in [-0.39, 0.29) is 12.5 Å². The van der Waals surface area contributed by atoms with Gasteiger partial charge in [-0.3, -0.25) is 4.79 Å². The van der Waals surface area contributed by atoms with Crippen LogP contribution in [0.15, 0.2) is 42.0 Å². The van der Waals surface area contributed by atoms with Crippen molar-refractivity contribution < 1.29 is 14.3 Å². The molecule has 0 saturated carbocycles. The molecule has 0 atom stereocenters. The second-order valence-electron chi connectivity index (χ2n) is 4.92. The Morgan fingerprint density at radius 1 is 1.22 bits per heavy atom. The monoisotopic (exact) mass is 349 g/mol. The molecule has 0 bridgehead atoms. The van der Waals surface area contributed by atoms with Crippen LogP contribution in [-0.2, 0) is 4.79 Å². The Morgan fingerprint density at radius 3 is 2.78 bits per heavy atom. The zero-order valence-corrected chi connectivity index (χ0v) is 13.7. The minimum Gasteiger partial charge on any atom is -0.493 e. The number of fused-ring (bicyclic) bond motifs is 1. The standard InChI is InChI=1S/C17H13Cl2NO3/c1-22-15-4-2-3-10-7-11(9-23-16(10)15)17(21)20-12-5-6-13(18)14(19)8-12/h2-8H,9H2,1H3,(H,20,21). The van der Waals surface area contributed by atoms with Gasteiger partial charge in [0.05, 0.1) is 22.7 Å². The van der Waals surface area contributed by atoms with Crippen molar-refractivity contribution in [3.8, 4) is 11.5 Å². The SMILES string of the molecule is COc1cccc2c1OCC(C(=O)Nc1ccc(Cl)c(Cl)c1)=C2. The molecule has 0 spiro atoms. The normalized spacial score (nSPS) is 12.7. The number of methoxy groups -OCH3 is 1. The molecule has 0 radical (unpaired) electrons. The lowest BCUT2D eigenvalue weighted by Crippen LogP contribution is -2.21. The lowest BCUT2D eigenvalue weighted by atomic mass is 10.1. The van der Waals surface area contributed by atoms with E-state index in [0.29, 0.717) is 32.8 Å². The summed E-state index contributed by atoms with van der Waals surface area (Å²) in [6.07, 6.45) is 1.79. The number of benzene rings is 2. The van der Waals surface area contributed by atoms with E-state index in [2.05, 4.69) is 5.32 Å². The van der Waals surface area contributed by atoms with Gasteiger partial charge in [0, 0.05) is 11.3 Å². The fourth-order valence-electron chi connectivity index (χ4n) is 2.26. The molecule has 3 rings (SSSR count). The largest absolute Gasteiger partial charge is 0.493 e. The number of ether oxygens (including phenoxy) is 2. The fraction of sp³-hybridized carbons (Fsp3) is 0.118. The third-order valence-corrected chi connectivity index (χ3v) is 4.14. The van der Waals surface area contributed by atoms with Crippen molar-refractivity contribution in [2.45, 2.75) is 0 Å². The van der Waals surface area contributed by atoms with Crippen LogP contribution in [0.5, 0.6) is 11.5 Å². The molecule has 0 unspecified atom stereocenters. The number of carbonyl (C=O) groups excluding carboxylic acids is 1. The summed E-state index contributed by atoms with van der Waals surface area (Å²) in [7, 11) is 1.58. The number of amides is 1. The predicted octanol–water partition coefficient (Wildman–Crippen LogP) is 4.42. The van der Waals surface area contributed by atoms with Crippen LogP contribution in [-0.4, -0.2) is 19.6 Å². The molecule has 1 aliphatic rings. The molecule has 6 heteroatoms. The van der Waals surface area contributed by atoms with Gasteiger partial charge in [-0.2, -0.15) is 0 Å². The minimum absolute atomic E-state index is 0.167. The predicted molar refractivity (Wildman–Crippen MR) is 91.6 cm³/mol. The van der Waals surface area contributed by atoms with Gasteiger partial charge in [0.1, 0.15) is 6.61 Å². The first-order chi connectivity index (χ1) is 11.1. The molecule has 1 amide bonds. The average molecular weight is 350 g/mol. The Balaban J connectivity index is 1.82. The number of hydrogen-bond donors (Lipinski definition) is 1. The first-order valence-corrected chi connectivity index (χ1v) is 7.61. The third kappa shape index (κ3) is 3.28. The molecular formula is C17H13Cl2NO3. The number of anilines is 1. The van der Waals surface area contributed by atoms with E-state index in [1.54, 1.807) is 31.4 Å². The molecule has 23 heavy (non-hydrogen) atoms. The zero-order valence-electron chi connectivity index (χ0n) is 12.2. The van der Waals surface area contributed by atoms with Gasteiger partial charge in [-0.15, -0.1) is 0 Å². The highest BCUT2D eigenvalue weighted by Crippen LogP contribution is 2.35. The summed E-state index contributed by atoms with van der Waals surface area (Å²) < 4.78 is 10.9. The lowest BCUT2D eigenvalue weighted by molar-refractivity contribution is -0.113. The maximum atomic E-state index is 12.4. The average Bonchev–Trinajstić information content (AvgIpc) is 2.57. The van der Waals surface area contributed by atoms with Crippen LogP contribution in [0.4, 0.5) is 5.69 Å². The van der Waals surface area contributed by atoms with Crippen LogP contribution < -0.4 is 14.8 Å². The molecule has 0 aliphatic carbocycles. The van der Waals surface area contributed by atoms with E-state index >= 15 is 0 Å². The molecule has 0 fully saturated rings. The highest BCUT2D eigenvalue weighted by atomic mass is 35.5. The van der Waals surface area contributed by atoms with Crippen LogP contribution >= 0.6 is 23.2 Å².